The van der Waals surface area contributed by atoms with Crippen molar-refractivity contribution in [1.82, 2.24) is 5.48 Å². The number of carbonyl (C=O) groups excluding carboxylic acids is 1. The molecule has 2 aromatic rings. The molecule has 0 aliphatic carbocycles. The van der Waals surface area contributed by atoms with Gasteiger partial charge in [0.2, 0.25) is 0 Å². The minimum atomic E-state index is -0.505. The summed E-state index contributed by atoms with van der Waals surface area (Å²) in [5, 5.41) is 10.5. The molecule has 7 heteroatoms. The molecular weight excluding hydrogens is 286 g/mol. The van der Waals surface area contributed by atoms with E-state index < -0.39 is 10.8 Å². The van der Waals surface area contributed by atoms with Crippen LogP contribution in [-0.2, 0) is 0 Å². The molecule has 0 aliphatic rings. The Bertz CT molecular complexity index is 666. The highest BCUT2D eigenvalue weighted by molar-refractivity contribution is 5.93. The molecule has 1 N–H and O–H groups in total. The van der Waals surface area contributed by atoms with Crippen molar-refractivity contribution in [1.29, 1.82) is 0 Å². The van der Waals surface area contributed by atoms with Gasteiger partial charge >= 0.3 is 0 Å². The molecule has 0 aromatic heterocycles. The molecule has 0 spiro atoms. The van der Waals surface area contributed by atoms with Crippen LogP contribution in [0.25, 0.3) is 0 Å². The molecule has 2 aromatic carbocycles. The lowest BCUT2D eigenvalue weighted by molar-refractivity contribution is -0.384. The number of amides is 1. The van der Waals surface area contributed by atoms with Crippen LogP contribution < -0.4 is 15.2 Å². The number of hydrogen-bond donors (Lipinski definition) is 1. The fraction of sp³-hybridized carbons (Fsp3) is 0.133. The van der Waals surface area contributed by atoms with Gasteiger partial charge in [-0.3, -0.25) is 14.9 Å². The lowest BCUT2D eigenvalue weighted by Gasteiger charge is -2.12. The Hall–Kier alpha value is -3.09. The van der Waals surface area contributed by atoms with E-state index in [0.717, 1.165) is 5.69 Å². The van der Waals surface area contributed by atoms with E-state index >= 15 is 0 Å². The van der Waals surface area contributed by atoms with Gasteiger partial charge in [-0.15, -0.1) is 0 Å². The molecule has 2 rings (SSSR count). The number of rotatable bonds is 5. The largest absolute Gasteiger partial charge is 0.379 e. The molecule has 0 bridgehead atoms. The summed E-state index contributed by atoms with van der Waals surface area (Å²) in [7, 11) is 3.82. The van der Waals surface area contributed by atoms with Crippen molar-refractivity contribution in [2.24, 2.45) is 0 Å². The molecule has 1 amide bonds. The average molecular weight is 301 g/mol. The first-order chi connectivity index (χ1) is 10.5. The van der Waals surface area contributed by atoms with Crippen LogP contribution in [-0.4, -0.2) is 24.9 Å². The lowest BCUT2D eigenvalue weighted by atomic mass is 10.2. The molecule has 0 unspecified atom stereocenters. The number of hydroxylamine groups is 1. The van der Waals surface area contributed by atoms with E-state index in [-0.39, 0.29) is 5.69 Å². The first-order valence-corrected chi connectivity index (χ1v) is 6.46. The van der Waals surface area contributed by atoms with Gasteiger partial charge in [-0.25, -0.2) is 0 Å². The van der Waals surface area contributed by atoms with Crippen LogP contribution >= 0.6 is 0 Å². The minimum absolute atomic E-state index is 0.0436. The Morgan fingerprint density at radius 3 is 2.18 bits per heavy atom. The zero-order valence-electron chi connectivity index (χ0n) is 12.1. The number of carbonyl (C=O) groups is 1. The maximum absolute atomic E-state index is 11.9. The topological polar surface area (TPSA) is 84.7 Å². The normalized spacial score (nSPS) is 9.91. The third-order valence-corrected chi connectivity index (χ3v) is 2.96. The van der Waals surface area contributed by atoms with Crippen molar-refractivity contribution in [3.05, 3.63) is 64.2 Å². The standard InChI is InChI=1S/C15H15N3O4/c1-17(2)12-5-3-11(4-6-12)15(19)16-22-14-9-7-13(8-10-14)18(20)21/h3-10H,1-2H3,(H,16,19). The molecule has 0 saturated heterocycles. The fourth-order valence-electron chi connectivity index (χ4n) is 1.71. The zero-order chi connectivity index (χ0) is 16.1. The number of nitrogens with zero attached hydrogens (tertiary/aromatic N) is 2. The van der Waals surface area contributed by atoms with Gasteiger partial charge in [-0.05, 0) is 36.4 Å². The molecule has 0 fully saturated rings. The second kappa shape index (κ2) is 6.57. The van der Waals surface area contributed by atoms with Gasteiger partial charge in [0.05, 0.1) is 4.92 Å². The summed E-state index contributed by atoms with van der Waals surface area (Å²) < 4.78 is 0. The van der Waals surface area contributed by atoms with Gasteiger partial charge in [0, 0.05) is 37.5 Å². The summed E-state index contributed by atoms with van der Waals surface area (Å²) in [5.74, 6) is -0.0903. The number of non-ortho nitro benzene ring substituents is 1. The molecule has 0 atom stereocenters. The van der Waals surface area contributed by atoms with Crippen LogP contribution in [0.15, 0.2) is 48.5 Å². The highest BCUT2D eigenvalue weighted by atomic mass is 16.7. The van der Waals surface area contributed by atoms with Crippen molar-refractivity contribution >= 4 is 17.3 Å². The fourth-order valence-corrected chi connectivity index (χ4v) is 1.71. The van der Waals surface area contributed by atoms with E-state index in [2.05, 4.69) is 5.48 Å². The number of nitro groups is 1. The van der Waals surface area contributed by atoms with Gasteiger partial charge in [-0.2, -0.15) is 5.48 Å². The van der Waals surface area contributed by atoms with Gasteiger partial charge < -0.3 is 9.74 Å². The number of nitro benzene ring substituents is 1. The van der Waals surface area contributed by atoms with Crippen LogP contribution in [0.4, 0.5) is 11.4 Å². The van der Waals surface area contributed by atoms with E-state index in [0.29, 0.717) is 11.3 Å². The zero-order valence-corrected chi connectivity index (χ0v) is 12.1. The minimum Gasteiger partial charge on any atom is -0.379 e. The second-order valence-corrected chi connectivity index (χ2v) is 4.73. The third-order valence-electron chi connectivity index (χ3n) is 2.96. The highest BCUT2D eigenvalue weighted by Gasteiger charge is 2.08. The number of nitrogens with one attached hydrogen (secondary N) is 1. The van der Waals surface area contributed by atoms with Crippen LogP contribution in [0.1, 0.15) is 10.4 Å². The Morgan fingerprint density at radius 2 is 1.68 bits per heavy atom. The summed E-state index contributed by atoms with van der Waals surface area (Å²) >= 11 is 0. The summed E-state index contributed by atoms with van der Waals surface area (Å²) in [6.07, 6.45) is 0. The Kier molecular flexibility index (Phi) is 4.57. The summed E-state index contributed by atoms with van der Waals surface area (Å²) in [6.45, 7) is 0. The van der Waals surface area contributed by atoms with Crippen LogP contribution in [0.2, 0.25) is 0 Å². The van der Waals surface area contributed by atoms with E-state index in [1.807, 2.05) is 31.1 Å². The van der Waals surface area contributed by atoms with Gasteiger partial charge in [-0.1, -0.05) is 0 Å². The Morgan fingerprint density at radius 1 is 1.09 bits per heavy atom. The molecule has 0 saturated carbocycles. The van der Waals surface area contributed by atoms with Crippen LogP contribution in [0, 0.1) is 10.1 Å². The highest BCUT2D eigenvalue weighted by Crippen LogP contribution is 2.17. The Labute approximate surface area is 127 Å². The molecular formula is C15H15N3O4. The first-order valence-electron chi connectivity index (χ1n) is 6.46. The van der Waals surface area contributed by atoms with E-state index in [1.54, 1.807) is 12.1 Å². The SMILES string of the molecule is CN(C)c1ccc(C(=O)NOc2ccc([N+](=O)[O-])cc2)cc1. The van der Waals surface area contributed by atoms with Crippen molar-refractivity contribution in [3.63, 3.8) is 0 Å². The molecule has 22 heavy (non-hydrogen) atoms. The smallest absolute Gasteiger partial charge is 0.283 e. The maximum Gasteiger partial charge on any atom is 0.283 e. The van der Waals surface area contributed by atoms with Gasteiger partial charge in [0.15, 0.2) is 5.75 Å². The van der Waals surface area contributed by atoms with Crippen molar-refractivity contribution in [3.8, 4) is 5.75 Å². The number of benzene rings is 2. The van der Waals surface area contributed by atoms with E-state index in [9.17, 15) is 14.9 Å². The quantitative estimate of drug-likeness (QED) is 0.677. The monoisotopic (exact) mass is 301 g/mol. The van der Waals surface area contributed by atoms with Crippen molar-refractivity contribution < 1.29 is 14.6 Å². The van der Waals surface area contributed by atoms with Crippen molar-refractivity contribution in [2.75, 3.05) is 19.0 Å². The summed E-state index contributed by atoms with van der Waals surface area (Å²) in [5.41, 5.74) is 3.68. The molecule has 114 valence electrons. The maximum atomic E-state index is 11.9. The molecule has 0 heterocycles. The van der Waals surface area contributed by atoms with Crippen LogP contribution in [0.3, 0.4) is 0 Å². The van der Waals surface area contributed by atoms with E-state index in [4.69, 9.17) is 4.84 Å². The lowest BCUT2D eigenvalue weighted by Crippen LogP contribution is -2.26. The molecule has 7 nitrogen and oxygen atoms in total. The third kappa shape index (κ3) is 3.72. The molecule has 0 radical (unpaired) electrons. The summed E-state index contributed by atoms with van der Waals surface area (Å²) in [4.78, 5) is 29.0. The van der Waals surface area contributed by atoms with Crippen molar-refractivity contribution in [2.45, 2.75) is 0 Å². The van der Waals surface area contributed by atoms with Gasteiger partial charge in [0.1, 0.15) is 0 Å². The van der Waals surface area contributed by atoms with Gasteiger partial charge in [0.25, 0.3) is 11.6 Å². The predicted octanol–water partition coefficient (Wildman–Crippen LogP) is 2.38. The predicted molar refractivity (Wildman–Crippen MR) is 82.0 cm³/mol. The van der Waals surface area contributed by atoms with Crippen LogP contribution in [0.5, 0.6) is 5.75 Å². The average Bonchev–Trinajstić information content (AvgIpc) is 2.53. The number of hydrogen-bond acceptors (Lipinski definition) is 5. The second-order valence-electron chi connectivity index (χ2n) is 4.73. The first kappa shape index (κ1) is 15.3. The molecule has 0 aliphatic heterocycles. The van der Waals surface area contributed by atoms with E-state index in [1.165, 1.54) is 24.3 Å². The Balaban J connectivity index is 1.96. The summed E-state index contributed by atoms with van der Waals surface area (Å²) in [6, 6.07) is 12.4. The number of anilines is 1.